The number of anilines is 2. The quantitative estimate of drug-likeness (QED) is 0.223. The first-order valence-corrected chi connectivity index (χ1v) is 17.3. The Kier molecular flexibility index (Phi) is 8.34. The minimum Gasteiger partial charge on any atom is -0.508 e. The third-order valence-corrected chi connectivity index (χ3v) is 12.2. The van der Waals surface area contributed by atoms with Crippen molar-refractivity contribution in [2.24, 2.45) is 47.3 Å². The van der Waals surface area contributed by atoms with Gasteiger partial charge in [-0.1, -0.05) is 0 Å². The van der Waals surface area contributed by atoms with E-state index >= 15 is 0 Å². The van der Waals surface area contributed by atoms with Crippen LogP contribution in [0.4, 0.5) is 21.0 Å². The molecule has 0 heterocycles. The number of aryl methyl sites for hydroxylation is 2. The van der Waals surface area contributed by atoms with Crippen molar-refractivity contribution < 1.29 is 19.4 Å². The van der Waals surface area contributed by atoms with Crippen LogP contribution in [0.1, 0.15) is 75.3 Å². The van der Waals surface area contributed by atoms with Gasteiger partial charge in [0.05, 0.1) is 7.11 Å². The summed E-state index contributed by atoms with van der Waals surface area (Å²) in [4.78, 5) is 24.8. The number of rotatable bonds is 5. The summed E-state index contributed by atoms with van der Waals surface area (Å²) in [7, 11) is 1.65. The first-order chi connectivity index (χ1) is 21.7. The number of benzene rings is 2. The predicted molar refractivity (Wildman–Crippen MR) is 177 cm³/mol. The van der Waals surface area contributed by atoms with Gasteiger partial charge in [0.15, 0.2) is 0 Å². The lowest BCUT2D eigenvalue weighted by Crippen LogP contribution is -2.56. The van der Waals surface area contributed by atoms with Gasteiger partial charge in [-0.15, -0.1) is 0 Å². The number of carbonyl (C=O) groups excluding carboxylic acids is 2. The fourth-order valence-electron chi connectivity index (χ4n) is 10.6. The predicted octanol–water partition coefficient (Wildman–Crippen LogP) is 7.60. The molecule has 8 fully saturated rings. The van der Waals surface area contributed by atoms with Gasteiger partial charge in [0.25, 0.3) is 0 Å². The zero-order valence-electron chi connectivity index (χ0n) is 27.0. The number of aromatic hydroxyl groups is 1. The summed E-state index contributed by atoms with van der Waals surface area (Å²) < 4.78 is 5.21. The number of carbonyl (C=O) groups is 2. The lowest BCUT2D eigenvalue weighted by molar-refractivity contribution is -0.00884. The minimum absolute atomic E-state index is 0.0595. The van der Waals surface area contributed by atoms with Crippen LogP contribution < -0.4 is 26.0 Å². The monoisotopic (exact) mass is 614 g/mol. The Bertz CT molecular complexity index is 1370. The van der Waals surface area contributed by atoms with Crippen molar-refractivity contribution in [2.45, 2.75) is 90.1 Å². The Balaban J connectivity index is 0.000000145. The smallest absolute Gasteiger partial charge is 0.319 e. The van der Waals surface area contributed by atoms with Crippen molar-refractivity contribution in [3.05, 3.63) is 47.5 Å². The zero-order chi connectivity index (χ0) is 31.2. The average molecular weight is 615 g/mol. The number of hydrogen-bond acceptors (Lipinski definition) is 4. The van der Waals surface area contributed by atoms with Crippen molar-refractivity contribution in [1.29, 1.82) is 0 Å². The Labute approximate surface area is 267 Å². The van der Waals surface area contributed by atoms with Crippen LogP contribution in [0.2, 0.25) is 0 Å². The van der Waals surface area contributed by atoms with E-state index in [1.54, 1.807) is 25.3 Å². The largest absolute Gasteiger partial charge is 0.508 e. The van der Waals surface area contributed by atoms with Gasteiger partial charge in [-0.05, 0) is 173 Å². The summed E-state index contributed by atoms with van der Waals surface area (Å²) in [5, 5.41) is 21.9. The maximum Gasteiger partial charge on any atom is 0.319 e. The van der Waals surface area contributed by atoms with Crippen LogP contribution in [-0.2, 0) is 0 Å². The van der Waals surface area contributed by atoms with E-state index in [-0.39, 0.29) is 17.8 Å². The standard InChI is InChI=1S/C19H26N2O2.C18H24N2O2/c1-11-5-16(23-2)3-4-17(11)20-19(22)21-18-14-7-12-6-13(9-14)10-15(18)8-12;1-10-4-15(21)2-3-16(10)19-18(22)20-17-13-6-11-5-12(8-13)9-14(17)7-11/h3-5,12-15,18H,6-10H2,1-2H3,(H2,20,21,22);2-4,11-14,17,21H,5-9H2,1H3,(H2,19,20,22). The summed E-state index contributed by atoms with van der Waals surface area (Å²) in [6, 6.07) is 11.3. The van der Waals surface area contributed by atoms with Gasteiger partial charge in [-0.25, -0.2) is 9.59 Å². The van der Waals surface area contributed by atoms with Crippen molar-refractivity contribution in [3.8, 4) is 11.5 Å². The van der Waals surface area contributed by atoms with Crippen LogP contribution in [0, 0.1) is 61.2 Å². The van der Waals surface area contributed by atoms with Crippen LogP contribution >= 0.6 is 0 Å². The van der Waals surface area contributed by atoms with E-state index < -0.39 is 0 Å². The molecule has 2 aromatic carbocycles. The van der Waals surface area contributed by atoms with Crippen molar-refractivity contribution in [1.82, 2.24) is 10.6 Å². The molecule has 8 nitrogen and oxygen atoms in total. The fourth-order valence-corrected chi connectivity index (χ4v) is 10.6. The third kappa shape index (κ3) is 6.48. The molecule has 0 saturated heterocycles. The summed E-state index contributed by atoms with van der Waals surface area (Å²) >= 11 is 0. The molecule has 8 aliphatic rings. The third-order valence-electron chi connectivity index (χ3n) is 12.2. The number of phenols is 1. The maximum absolute atomic E-state index is 12.5. The van der Waals surface area contributed by atoms with Crippen molar-refractivity contribution in [3.63, 3.8) is 0 Å². The van der Waals surface area contributed by atoms with Crippen LogP contribution in [0.5, 0.6) is 11.5 Å². The minimum atomic E-state index is -0.105. The number of hydrogen-bond donors (Lipinski definition) is 5. The van der Waals surface area contributed by atoms with Gasteiger partial charge in [0, 0.05) is 23.5 Å². The highest BCUT2D eigenvalue weighted by molar-refractivity contribution is 5.91. The molecule has 4 amide bonds. The van der Waals surface area contributed by atoms with Gasteiger partial charge < -0.3 is 31.1 Å². The van der Waals surface area contributed by atoms with Crippen molar-refractivity contribution >= 4 is 23.4 Å². The SMILES string of the molecule is COc1ccc(NC(=O)NC2C3CC4CC(C3)CC2C4)c(C)c1.Cc1cc(O)ccc1NC(=O)NC1C2CC3CC(C2)CC1C3. The molecule has 8 bridgehead atoms. The second-order valence-corrected chi connectivity index (χ2v) is 15.3. The van der Waals surface area contributed by atoms with E-state index in [0.29, 0.717) is 35.8 Å². The Hall–Kier alpha value is -3.42. The van der Waals surface area contributed by atoms with Crippen LogP contribution in [0.25, 0.3) is 0 Å². The molecule has 5 N–H and O–H groups in total. The summed E-state index contributed by atoms with van der Waals surface area (Å²) in [5.74, 6) is 7.52. The Morgan fingerprint density at radius 1 is 0.622 bits per heavy atom. The topological polar surface area (TPSA) is 112 Å². The van der Waals surface area contributed by atoms with E-state index in [9.17, 15) is 14.7 Å². The maximum atomic E-state index is 12.5. The molecule has 2 aromatic rings. The lowest BCUT2D eigenvalue weighted by atomic mass is 9.54. The normalized spacial score (nSPS) is 34.8. The lowest BCUT2D eigenvalue weighted by Gasteiger charge is -2.54. The second-order valence-electron chi connectivity index (χ2n) is 15.3. The van der Waals surface area contributed by atoms with Crippen LogP contribution in [0.15, 0.2) is 36.4 Å². The van der Waals surface area contributed by atoms with E-state index in [4.69, 9.17) is 4.74 Å². The van der Waals surface area contributed by atoms with Gasteiger partial charge in [-0.3, -0.25) is 0 Å². The molecule has 8 heteroatoms. The van der Waals surface area contributed by atoms with Gasteiger partial charge in [0.1, 0.15) is 11.5 Å². The number of methoxy groups -OCH3 is 1. The van der Waals surface area contributed by atoms with Crippen molar-refractivity contribution in [2.75, 3.05) is 17.7 Å². The molecule has 45 heavy (non-hydrogen) atoms. The molecule has 8 saturated carbocycles. The highest BCUT2D eigenvalue weighted by Crippen LogP contribution is 2.54. The second kappa shape index (κ2) is 12.4. The molecular formula is C37H50N4O4. The summed E-state index contributed by atoms with van der Waals surface area (Å²) in [5.41, 5.74) is 3.51. The molecular weight excluding hydrogens is 564 g/mol. The number of phenolic OH excluding ortho intramolecular Hbond substituents is 1. The Morgan fingerprint density at radius 3 is 1.40 bits per heavy atom. The van der Waals surface area contributed by atoms with E-state index in [1.807, 2.05) is 32.0 Å². The van der Waals surface area contributed by atoms with Gasteiger partial charge in [0.2, 0.25) is 0 Å². The molecule has 8 aliphatic carbocycles. The average Bonchev–Trinajstić information content (AvgIpc) is 2.99. The van der Waals surface area contributed by atoms with E-state index in [2.05, 4.69) is 21.3 Å². The van der Waals surface area contributed by atoms with Crippen LogP contribution in [0.3, 0.4) is 0 Å². The number of amides is 4. The number of nitrogens with one attached hydrogen (secondary N) is 4. The number of urea groups is 2. The molecule has 0 spiro atoms. The zero-order valence-corrected chi connectivity index (χ0v) is 27.0. The highest BCUT2D eigenvalue weighted by atomic mass is 16.5. The fraction of sp³-hybridized carbons (Fsp3) is 0.622. The number of ether oxygens (including phenoxy) is 1. The molecule has 242 valence electrons. The molecule has 0 unspecified atom stereocenters. The summed E-state index contributed by atoms with van der Waals surface area (Å²) in [6.45, 7) is 3.87. The molecule has 0 atom stereocenters. The summed E-state index contributed by atoms with van der Waals surface area (Å²) in [6.07, 6.45) is 13.4. The first-order valence-electron chi connectivity index (χ1n) is 17.3. The first kappa shape index (κ1) is 30.2. The molecule has 0 radical (unpaired) electrons. The Morgan fingerprint density at radius 2 is 1.02 bits per heavy atom. The molecule has 0 aromatic heterocycles. The van der Waals surface area contributed by atoms with Crippen LogP contribution in [-0.4, -0.2) is 36.4 Å². The van der Waals surface area contributed by atoms with Gasteiger partial charge >= 0.3 is 12.1 Å². The van der Waals surface area contributed by atoms with Gasteiger partial charge in [-0.2, -0.15) is 0 Å². The molecule has 10 rings (SSSR count). The molecule has 0 aliphatic heterocycles. The van der Waals surface area contributed by atoms with E-state index in [1.165, 1.54) is 64.2 Å². The highest BCUT2D eigenvalue weighted by Gasteiger charge is 2.49. The van der Waals surface area contributed by atoms with E-state index in [0.717, 1.165) is 51.9 Å².